The molecule has 1 fully saturated rings. The fourth-order valence-corrected chi connectivity index (χ4v) is 2.83. The van der Waals surface area contributed by atoms with Crippen LogP contribution in [0.2, 0.25) is 5.02 Å². The summed E-state index contributed by atoms with van der Waals surface area (Å²) >= 11 is 5.99. The van der Waals surface area contributed by atoms with Crippen LogP contribution < -0.4 is 11.1 Å². The SMILES string of the molecule is CNC(=O)C1(C)CCN(Cc2cc(Cl)ccc2N)C1. The third-order valence-corrected chi connectivity index (χ3v) is 4.06. The van der Waals surface area contributed by atoms with Crippen molar-refractivity contribution in [3.05, 3.63) is 28.8 Å². The van der Waals surface area contributed by atoms with E-state index in [0.717, 1.165) is 37.3 Å². The van der Waals surface area contributed by atoms with Gasteiger partial charge in [-0.3, -0.25) is 9.69 Å². The Kier molecular flexibility index (Phi) is 4.02. The highest BCUT2D eigenvalue weighted by molar-refractivity contribution is 6.30. The molecule has 104 valence electrons. The lowest BCUT2D eigenvalue weighted by atomic mass is 9.89. The highest BCUT2D eigenvalue weighted by Gasteiger charge is 2.39. The van der Waals surface area contributed by atoms with Crippen LogP contribution in [0.15, 0.2) is 18.2 Å². The molecule has 3 N–H and O–H groups in total. The molecule has 0 bridgehead atoms. The van der Waals surface area contributed by atoms with Crippen LogP contribution in [0.5, 0.6) is 0 Å². The van der Waals surface area contributed by atoms with Crippen LogP contribution in [-0.2, 0) is 11.3 Å². The summed E-state index contributed by atoms with van der Waals surface area (Å²) in [5.41, 5.74) is 7.42. The van der Waals surface area contributed by atoms with Gasteiger partial charge in [-0.25, -0.2) is 0 Å². The number of nitrogens with one attached hydrogen (secondary N) is 1. The lowest BCUT2D eigenvalue weighted by Crippen LogP contribution is -2.39. The second-order valence-electron chi connectivity index (χ2n) is 5.44. The summed E-state index contributed by atoms with van der Waals surface area (Å²) in [5.74, 6) is 0.106. The number of halogens is 1. The predicted octanol–water partition coefficient (Wildman–Crippen LogP) is 1.88. The van der Waals surface area contributed by atoms with E-state index in [9.17, 15) is 4.79 Å². The molecule has 0 aliphatic carbocycles. The van der Waals surface area contributed by atoms with E-state index in [1.54, 1.807) is 13.1 Å². The van der Waals surface area contributed by atoms with Gasteiger partial charge in [0.2, 0.25) is 5.91 Å². The van der Waals surface area contributed by atoms with Gasteiger partial charge in [-0.15, -0.1) is 0 Å². The lowest BCUT2D eigenvalue weighted by molar-refractivity contribution is -0.129. The van der Waals surface area contributed by atoms with E-state index in [-0.39, 0.29) is 11.3 Å². The van der Waals surface area contributed by atoms with E-state index < -0.39 is 0 Å². The molecule has 0 saturated carbocycles. The molecule has 0 aromatic heterocycles. The van der Waals surface area contributed by atoms with E-state index >= 15 is 0 Å². The Hall–Kier alpha value is -1.26. The first-order valence-corrected chi connectivity index (χ1v) is 6.81. The Morgan fingerprint density at radius 1 is 1.58 bits per heavy atom. The van der Waals surface area contributed by atoms with E-state index in [1.165, 1.54) is 0 Å². The van der Waals surface area contributed by atoms with Crippen LogP contribution in [0.3, 0.4) is 0 Å². The van der Waals surface area contributed by atoms with Gasteiger partial charge in [-0.05, 0) is 43.7 Å². The number of benzene rings is 1. The summed E-state index contributed by atoms with van der Waals surface area (Å²) in [5, 5.41) is 3.43. The van der Waals surface area contributed by atoms with Gasteiger partial charge in [-0.1, -0.05) is 11.6 Å². The monoisotopic (exact) mass is 281 g/mol. The van der Waals surface area contributed by atoms with Gasteiger partial charge in [0.15, 0.2) is 0 Å². The summed E-state index contributed by atoms with van der Waals surface area (Å²) in [7, 11) is 1.69. The minimum Gasteiger partial charge on any atom is -0.398 e. The molecule has 1 heterocycles. The Morgan fingerprint density at radius 2 is 2.32 bits per heavy atom. The molecule has 1 saturated heterocycles. The van der Waals surface area contributed by atoms with Crippen molar-refractivity contribution in [3.8, 4) is 0 Å². The summed E-state index contributed by atoms with van der Waals surface area (Å²) < 4.78 is 0. The molecule has 4 nitrogen and oxygen atoms in total. The van der Waals surface area contributed by atoms with Gasteiger partial charge in [0, 0.05) is 30.8 Å². The van der Waals surface area contributed by atoms with Crippen LogP contribution in [0.1, 0.15) is 18.9 Å². The maximum atomic E-state index is 11.9. The van der Waals surface area contributed by atoms with Gasteiger partial charge in [-0.2, -0.15) is 0 Å². The number of anilines is 1. The van der Waals surface area contributed by atoms with Crippen molar-refractivity contribution in [1.82, 2.24) is 10.2 Å². The molecule has 1 aliphatic rings. The normalized spacial score (nSPS) is 23.5. The fraction of sp³-hybridized carbons (Fsp3) is 0.500. The fourth-order valence-electron chi connectivity index (χ4n) is 2.63. The number of hydrogen-bond donors (Lipinski definition) is 2. The summed E-state index contributed by atoms with van der Waals surface area (Å²) in [4.78, 5) is 14.1. The Morgan fingerprint density at radius 3 is 3.00 bits per heavy atom. The highest BCUT2D eigenvalue weighted by Crippen LogP contribution is 2.32. The maximum Gasteiger partial charge on any atom is 0.227 e. The second-order valence-corrected chi connectivity index (χ2v) is 5.88. The minimum absolute atomic E-state index is 0.106. The maximum absolute atomic E-state index is 11.9. The van der Waals surface area contributed by atoms with Gasteiger partial charge in [0.1, 0.15) is 0 Å². The lowest BCUT2D eigenvalue weighted by Gasteiger charge is -2.23. The van der Waals surface area contributed by atoms with Crippen LogP contribution in [0.4, 0.5) is 5.69 Å². The number of nitrogen functional groups attached to an aromatic ring is 1. The molecule has 1 unspecified atom stereocenters. The summed E-state index contributed by atoms with van der Waals surface area (Å²) in [6, 6.07) is 5.51. The molecular weight excluding hydrogens is 262 g/mol. The zero-order valence-corrected chi connectivity index (χ0v) is 12.1. The molecule has 2 rings (SSSR count). The third-order valence-electron chi connectivity index (χ3n) is 3.83. The number of nitrogens with zero attached hydrogens (tertiary/aromatic N) is 1. The van der Waals surface area contributed by atoms with Crippen molar-refractivity contribution in [2.75, 3.05) is 25.9 Å². The average molecular weight is 282 g/mol. The first-order valence-electron chi connectivity index (χ1n) is 6.43. The molecule has 1 atom stereocenters. The van der Waals surface area contributed by atoms with Crippen LogP contribution in [0.25, 0.3) is 0 Å². The number of amides is 1. The molecular formula is C14H20ClN3O. The van der Waals surface area contributed by atoms with Crippen molar-refractivity contribution >= 4 is 23.2 Å². The largest absolute Gasteiger partial charge is 0.398 e. The highest BCUT2D eigenvalue weighted by atomic mass is 35.5. The number of nitrogens with two attached hydrogens (primary N) is 1. The third kappa shape index (κ3) is 3.01. The Bertz CT molecular complexity index is 492. The molecule has 5 heteroatoms. The van der Waals surface area contributed by atoms with Crippen molar-refractivity contribution in [2.24, 2.45) is 5.41 Å². The molecule has 0 spiro atoms. The zero-order valence-electron chi connectivity index (χ0n) is 11.4. The molecule has 1 aromatic carbocycles. The van der Waals surface area contributed by atoms with Crippen LogP contribution >= 0.6 is 11.6 Å². The molecule has 1 aromatic rings. The van der Waals surface area contributed by atoms with Gasteiger partial charge in [0.25, 0.3) is 0 Å². The standard InChI is InChI=1S/C14H20ClN3O/c1-14(13(19)17-2)5-6-18(9-14)8-10-7-11(15)3-4-12(10)16/h3-4,7H,5-6,8-9,16H2,1-2H3,(H,17,19). The average Bonchev–Trinajstić information content (AvgIpc) is 2.76. The summed E-state index contributed by atoms with van der Waals surface area (Å²) in [6.07, 6.45) is 0.868. The summed E-state index contributed by atoms with van der Waals surface area (Å²) in [6.45, 7) is 4.39. The minimum atomic E-state index is -0.303. The van der Waals surface area contributed by atoms with Gasteiger partial charge in [0.05, 0.1) is 5.41 Å². The van der Waals surface area contributed by atoms with E-state index in [0.29, 0.717) is 5.02 Å². The number of rotatable bonds is 3. The first-order chi connectivity index (χ1) is 8.94. The number of hydrogen-bond acceptors (Lipinski definition) is 3. The first kappa shape index (κ1) is 14.2. The van der Waals surface area contributed by atoms with Crippen molar-refractivity contribution < 1.29 is 4.79 Å². The smallest absolute Gasteiger partial charge is 0.227 e. The van der Waals surface area contributed by atoms with E-state index in [4.69, 9.17) is 17.3 Å². The van der Waals surface area contributed by atoms with Crippen molar-refractivity contribution in [2.45, 2.75) is 19.9 Å². The van der Waals surface area contributed by atoms with Gasteiger partial charge >= 0.3 is 0 Å². The molecule has 1 aliphatic heterocycles. The Labute approximate surface area is 118 Å². The van der Waals surface area contributed by atoms with Crippen LogP contribution in [0, 0.1) is 5.41 Å². The molecule has 0 radical (unpaired) electrons. The Balaban J connectivity index is 2.06. The van der Waals surface area contributed by atoms with Crippen LogP contribution in [-0.4, -0.2) is 30.9 Å². The topological polar surface area (TPSA) is 58.4 Å². The van der Waals surface area contributed by atoms with Gasteiger partial charge < -0.3 is 11.1 Å². The zero-order chi connectivity index (χ0) is 14.0. The predicted molar refractivity (Wildman–Crippen MR) is 77.9 cm³/mol. The van der Waals surface area contributed by atoms with Crippen molar-refractivity contribution in [1.29, 1.82) is 0 Å². The quantitative estimate of drug-likeness (QED) is 0.832. The van der Waals surface area contributed by atoms with E-state index in [2.05, 4.69) is 10.2 Å². The van der Waals surface area contributed by atoms with E-state index in [1.807, 2.05) is 19.1 Å². The number of carbonyl (C=O) groups excluding carboxylic acids is 1. The molecule has 1 amide bonds. The number of likely N-dealkylation sites (tertiary alicyclic amines) is 1. The molecule has 19 heavy (non-hydrogen) atoms. The second kappa shape index (κ2) is 5.39. The number of carbonyl (C=O) groups is 1. The van der Waals surface area contributed by atoms with Crippen molar-refractivity contribution in [3.63, 3.8) is 0 Å².